The first kappa shape index (κ1) is 18.1. The molecule has 0 aromatic heterocycles. The third-order valence-corrected chi connectivity index (χ3v) is 3.73. The fourth-order valence-electron chi connectivity index (χ4n) is 2.62. The van der Waals surface area contributed by atoms with Gasteiger partial charge in [-0.1, -0.05) is 0 Å². The summed E-state index contributed by atoms with van der Waals surface area (Å²) in [7, 11) is 0. The number of hydrogen-bond donors (Lipinski definition) is 1. The minimum Gasteiger partial charge on any atom is -0.503 e. The molecule has 0 unspecified atom stereocenters. The number of aliphatic hydroxyl groups excluding tert-OH is 1. The molecule has 0 aliphatic carbocycles. The lowest BCUT2D eigenvalue weighted by molar-refractivity contribution is -0.138. The van der Waals surface area contributed by atoms with Crippen LogP contribution >= 0.6 is 0 Å². The number of hydrogen-bond acceptors (Lipinski definition) is 6. The minimum absolute atomic E-state index is 0.00910. The van der Waals surface area contributed by atoms with Crippen molar-refractivity contribution >= 4 is 18.0 Å². The van der Waals surface area contributed by atoms with Crippen LogP contribution in [0.1, 0.15) is 27.7 Å². The number of carbonyl (C=O) groups excluding carboxylic acids is 3. The monoisotopic (exact) mass is 340 g/mol. The molecule has 1 saturated heterocycles. The van der Waals surface area contributed by atoms with Gasteiger partial charge in [0.25, 0.3) is 5.91 Å². The number of amides is 2. The van der Waals surface area contributed by atoms with E-state index in [1.54, 1.807) is 32.6 Å². The zero-order chi connectivity index (χ0) is 18.1. The van der Waals surface area contributed by atoms with Gasteiger partial charge < -0.3 is 24.4 Å². The molecule has 0 radical (unpaired) electrons. The average Bonchev–Trinajstić information content (AvgIpc) is 2.68. The van der Waals surface area contributed by atoms with E-state index in [1.807, 2.05) is 0 Å². The van der Waals surface area contributed by atoms with Gasteiger partial charge in [-0.3, -0.25) is 4.79 Å². The van der Waals surface area contributed by atoms with Gasteiger partial charge in [-0.05, 0) is 27.7 Å². The van der Waals surface area contributed by atoms with Crippen LogP contribution in [0.4, 0.5) is 4.79 Å². The van der Waals surface area contributed by atoms with E-state index in [4.69, 9.17) is 9.47 Å². The zero-order valence-corrected chi connectivity index (χ0v) is 14.5. The van der Waals surface area contributed by atoms with E-state index in [1.165, 1.54) is 4.90 Å². The molecule has 0 bridgehead atoms. The van der Waals surface area contributed by atoms with Gasteiger partial charge in [-0.2, -0.15) is 0 Å². The van der Waals surface area contributed by atoms with Crippen LogP contribution in [0.2, 0.25) is 0 Å². The van der Waals surface area contributed by atoms with Gasteiger partial charge in [0.05, 0.1) is 13.2 Å². The summed E-state index contributed by atoms with van der Waals surface area (Å²) in [5.74, 6) is -1.70. The SMILES string of the molecule is CCOC(=O)C1=C(O)C(=O)N(CC2CN(C(=O)OC(C)(C)C)C2)C1. The highest BCUT2D eigenvalue weighted by Crippen LogP contribution is 2.24. The van der Waals surface area contributed by atoms with Crippen molar-refractivity contribution in [2.45, 2.75) is 33.3 Å². The molecule has 0 atom stereocenters. The lowest BCUT2D eigenvalue weighted by Gasteiger charge is -2.41. The van der Waals surface area contributed by atoms with E-state index in [0.717, 1.165) is 0 Å². The average molecular weight is 340 g/mol. The molecule has 134 valence electrons. The molecule has 0 saturated carbocycles. The van der Waals surface area contributed by atoms with Crippen molar-refractivity contribution in [3.05, 3.63) is 11.3 Å². The standard InChI is InChI=1S/C16H24N2O6/c1-5-23-14(21)11-9-17(13(20)12(11)19)6-10-7-18(8-10)15(22)24-16(2,3)4/h10,19H,5-9H2,1-4H3. The Kier molecular flexibility index (Phi) is 5.05. The predicted molar refractivity (Wildman–Crippen MR) is 84.2 cm³/mol. The Morgan fingerprint density at radius 1 is 1.29 bits per heavy atom. The van der Waals surface area contributed by atoms with E-state index < -0.39 is 23.2 Å². The number of carbonyl (C=O) groups is 3. The highest BCUT2D eigenvalue weighted by Gasteiger charge is 2.40. The van der Waals surface area contributed by atoms with Crippen LogP contribution in [0.15, 0.2) is 11.3 Å². The van der Waals surface area contributed by atoms with Crippen LogP contribution < -0.4 is 0 Å². The predicted octanol–water partition coefficient (Wildman–Crippen LogP) is 1.07. The molecule has 2 amide bonds. The smallest absolute Gasteiger partial charge is 0.410 e. The topological polar surface area (TPSA) is 96.4 Å². The largest absolute Gasteiger partial charge is 0.503 e. The fourth-order valence-corrected chi connectivity index (χ4v) is 2.62. The Labute approximate surface area is 141 Å². The van der Waals surface area contributed by atoms with E-state index in [-0.39, 0.29) is 30.7 Å². The summed E-state index contributed by atoms with van der Waals surface area (Å²) < 4.78 is 10.1. The van der Waals surface area contributed by atoms with Gasteiger partial charge in [0.15, 0.2) is 5.76 Å². The molecule has 1 fully saturated rings. The summed E-state index contributed by atoms with van der Waals surface area (Å²) in [4.78, 5) is 38.5. The summed E-state index contributed by atoms with van der Waals surface area (Å²) >= 11 is 0. The third kappa shape index (κ3) is 3.98. The van der Waals surface area contributed by atoms with Crippen molar-refractivity contribution in [3.8, 4) is 0 Å². The number of rotatable bonds is 4. The molecular weight excluding hydrogens is 316 g/mol. The van der Waals surface area contributed by atoms with E-state index >= 15 is 0 Å². The molecule has 2 rings (SSSR count). The normalized spacial score (nSPS) is 18.8. The Morgan fingerprint density at radius 3 is 2.46 bits per heavy atom. The highest BCUT2D eigenvalue weighted by molar-refractivity contribution is 6.05. The Hall–Kier alpha value is -2.25. The van der Waals surface area contributed by atoms with Gasteiger partial charge in [0, 0.05) is 25.6 Å². The Morgan fingerprint density at radius 2 is 1.92 bits per heavy atom. The minimum atomic E-state index is -0.671. The first-order valence-electron chi connectivity index (χ1n) is 7.98. The summed E-state index contributed by atoms with van der Waals surface area (Å²) in [6.45, 7) is 8.60. The summed E-state index contributed by atoms with van der Waals surface area (Å²) in [6.07, 6.45) is -0.375. The number of likely N-dealkylation sites (tertiary alicyclic amines) is 1. The zero-order valence-electron chi connectivity index (χ0n) is 14.5. The van der Waals surface area contributed by atoms with Crippen LogP contribution in [-0.2, 0) is 19.1 Å². The molecule has 0 spiro atoms. The quantitative estimate of drug-likeness (QED) is 0.769. The Bertz CT molecular complexity index is 572. The second kappa shape index (κ2) is 6.70. The maximum atomic E-state index is 12.0. The van der Waals surface area contributed by atoms with Crippen molar-refractivity contribution in [2.75, 3.05) is 32.8 Å². The maximum Gasteiger partial charge on any atom is 0.410 e. The molecule has 0 aromatic carbocycles. The molecule has 8 nitrogen and oxygen atoms in total. The van der Waals surface area contributed by atoms with Gasteiger partial charge in [0.2, 0.25) is 0 Å². The molecule has 24 heavy (non-hydrogen) atoms. The number of esters is 1. The van der Waals surface area contributed by atoms with Crippen LogP contribution in [0.3, 0.4) is 0 Å². The van der Waals surface area contributed by atoms with Crippen molar-refractivity contribution in [2.24, 2.45) is 5.92 Å². The fraction of sp³-hybridized carbons (Fsp3) is 0.688. The summed E-state index contributed by atoms with van der Waals surface area (Å²) in [5, 5.41) is 9.80. The molecule has 2 aliphatic heterocycles. The van der Waals surface area contributed by atoms with Gasteiger partial charge >= 0.3 is 12.1 Å². The maximum absolute atomic E-state index is 12.0. The number of ether oxygens (including phenoxy) is 2. The third-order valence-electron chi connectivity index (χ3n) is 3.73. The van der Waals surface area contributed by atoms with Crippen molar-refractivity contribution in [1.29, 1.82) is 0 Å². The van der Waals surface area contributed by atoms with Crippen molar-refractivity contribution in [1.82, 2.24) is 9.80 Å². The first-order chi connectivity index (χ1) is 11.1. The van der Waals surface area contributed by atoms with Crippen LogP contribution in [-0.4, -0.2) is 71.3 Å². The molecule has 1 N–H and O–H groups in total. The highest BCUT2D eigenvalue weighted by atomic mass is 16.6. The summed E-state index contributed by atoms with van der Waals surface area (Å²) in [5.41, 5.74) is -0.553. The molecular formula is C16H24N2O6. The van der Waals surface area contributed by atoms with Gasteiger partial charge in [-0.25, -0.2) is 9.59 Å². The van der Waals surface area contributed by atoms with Gasteiger partial charge in [-0.15, -0.1) is 0 Å². The number of nitrogens with zero attached hydrogens (tertiary/aromatic N) is 2. The van der Waals surface area contributed by atoms with Crippen LogP contribution in [0, 0.1) is 5.92 Å². The number of aliphatic hydroxyl groups is 1. The van der Waals surface area contributed by atoms with Gasteiger partial charge in [0.1, 0.15) is 11.2 Å². The molecule has 2 aliphatic rings. The second-order valence-electron chi connectivity index (χ2n) is 6.98. The molecule has 0 aromatic rings. The summed E-state index contributed by atoms with van der Waals surface area (Å²) in [6, 6.07) is 0. The lowest BCUT2D eigenvalue weighted by Crippen LogP contribution is -2.55. The van der Waals surface area contributed by atoms with E-state index in [9.17, 15) is 19.5 Å². The van der Waals surface area contributed by atoms with E-state index in [0.29, 0.717) is 19.6 Å². The van der Waals surface area contributed by atoms with Crippen molar-refractivity contribution in [3.63, 3.8) is 0 Å². The molecule has 8 heteroatoms. The van der Waals surface area contributed by atoms with Crippen molar-refractivity contribution < 1.29 is 29.0 Å². The lowest BCUT2D eigenvalue weighted by atomic mass is 10.0. The molecule has 2 heterocycles. The van der Waals surface area contributed by atoms with Crippen LogP contribution in [0.5, 0.6) is 0 Å². The van der Waals surface area contributed by atoms with Crippen LogP contribution in [0.25, 0.3) is 0 Å². The Balaban J connectivity index is 1.82. The second-order valence-corrected chi connectivity index (χ2v) is 6.98. The first-order valence-corrected chi connectivity index (χ1v) is 7.98. The van der Waals surface area contributed by atoms with E-state index in [2.05, 4.69) is 0 Å².